The smallest absolute Gasteiger partial charge is 0.160 e. The van der Waals surface area contributed by atoms with Gasteiger partial charge in [-0.1, -0.05) is 6.58 Å². The van der Waals surface area contributed by atoms with Gasteiger partial charge < -0.3 is 24.8 Å². The zero-order valence-corrected chi connectivity index (χ0v) is 17.2. The maximum Gasteiger partial charge on any atom is 0.160 e. The minimum Gasteiger partial charge on any atom is -0.384 e. The quantitative estimate of drug-likeness (QED) is 0.224. The maximum absolute atomic E-state index is 10.4. The SMILES string of the molecule is C=C(/C=C(\N(C)N)C(C)(C)O)Nc1cc(-c2cnc3cc[nH]c3c2)cn2ccnc12. The van der Waals surface area contributed by atoms with Gasteiger partial charge in [-0.3, -0.25) is 4.98 Å². The number of aromatic nitrogens is 4. The van der Waals surface area contributed by atoms with Gasteiger partial charge in [-0.15, -0.1) is 0 Å². The van der Waals surface area contributed by atoms with E-state index in [0.717, 1.165) is 33.5 Å². The largest absolute Gasteiger partial charge is 0.384 e. The standard InChI is InChI=1S/C22H25N7O/c1-14(9-20(28(4)23)22(2,3)30)27-19-11-16(13-29-8-7-25-21(19)29)15-10-18-17(26-12-15)5-6-24-18/h5-13,24,27,30H,1,23H2,2-4H3/b20-9-. The van der Waals surface area contributed by atoms with Gasteiger partial charge in [0.05, 0.1) is 22.4 Å². The molecule has 0 fully saturated rings. The average molecular weight is 403 g/mol. The molecule has 30 heavy (non-hydrogen) atoms. The van der Waals surface area contributed by atoms with Crippen LogP contribution in [0.3, 0.4) is 0 Å². The molecule has 0 radical (unpaired) electrons. The van der Waals surface area contributed by atoms with Gasteiger partial charge in [0, 0.05) is 54.9 Å². The third kappa shape index (κ3) is 3.78. The van der Waals surface area contributed by atoms with Gasteiger partial charge in [0.2, 0.25) is 0 Å². The van der Waals surface area contributed by atoms with Crippen molar-refractivity contribution in [3.05, 3.63) is 73.2 Å². The van der Waals surface area contributed by atoms with Crippen LogP contribution in [0, 0.1) is 0 Å². The summed E-state index contributed by atoms with van der Waals surface area (Å²) < 4.78 is 1.94. The molecule has 0 aromatic carbocycles. The van der Waals surface area contributed by atoms with Crippen LogP contribution in [0.25, 0.3) is 27.8 Å². The van der Waals surface area contributed by atoms with Crippen LogP contribution >= 0.6 is 0 Å². The van der Waals surface area contributed by atoms with Crippen LogP contribution in [0.15, 0.2) is 73.2 Å². The van der Waals surface area contributed by atoms with Crippen molar-refractivity contribution in [2.75, 3.05) is 12.4 Å². The Morgan fingerprint density at radius 2 is 2.13 bits per heavy atom. The monoisotopic (exact) mass is 403 g/mol. The molecular formula is C22H25N7O. The molecule has 4 rings (SSSR count). The molecule has 154 valence electrons. The molecule has 0 aliphatic heterocycles. The highest BCUT2D eigenvalue weighted by Crippen LogP contribution is 2.28. The second-order valence-corrected chi connectivity index (χ2v) is 7.78. The van der Waals surface area contributed by atoms with Crippen molar-refractivity contribution in [2.45, 2.75) is 19.4 Å². The molecule has 4 heterocycles. The lowest BCUT2D eigenvalue weighted by Gasteiger charge is -2.28. The molecule has 8 heteroatoms. The van der Waals surface area contributed by atoms with Crippen LogP contribution in [0.2, 0.25) is 0 Å². The molecule has 0 spiro atoms. The van der Waals surface area contributed by atoms with Crippen LogP contribution in [-0.4, -0.2) is 42.1 Å². The summed E-state index contributed by atoms with van der Waals surface area (Å²) in [7, 11) is 1.67. The number of nitrogens with two attached hydrogens (primary N) is 1. The minimum absolute atomic E-state index is 0.525. The fraction of sp³-hybridized carbons (Fsp3) is 0.182. The minimum atomic E-state index is -1.12. The van der Waals surface area contributed by atoms with Gasteiger partial charge in [-0.2, -0.15) is 0 Å². The molecule has 0 aliphatic carbocycles. The summed E-state index contributed by atoms with van der Waals surface area (Å²) in [5, 5.41) is 15.1. The maximum atomic E-state index is 10.4. The van der Waals surface area contributed by atoms with E-state index < -0.39 is 5.60 Å². The predicted molar refractivity (Wildman–Crippen MR) is 119 cm³/mol. The number of imidazole rings is 1. The Bertz CT molecular complexity index is 1260. The number of nitrogens with zero attached hydrogens (tertiary/aromatic N) is 4. The molecule has 4 aromatic heterocycles. The Labute approximate surface area is 174 Å². The number of fused-ring (bicyclic) bond motifs is 2. The van der Waals surface area contributed by atoms with E-state index in [9.17, 15) is 5.11 Å². The van der Waals surface area contributed by atoms with Crippen LogP contribution in [0.1, 0.15) is 13.8 Å². The van der Waals surface area contributed by atoms with Crippen molar-refractivity contribution in [1.29, 1.82) is 0 Å². The second-order valence-electron chi connectivity index (χ2n) is 7.78. The van der Waals surface area contributed by atoms with Crippen molar-refractivity contribution >= 4 is 22.4 Å². The topological polar surface area (TPSA) is 107 Å². The molecule has 0 saturated heterocycles. The third-order valence-electron chi connectivity index (χ3n) is 4.83. The number of H-pyrrole nitrogens is 1. The summed E-state index contributed by atoms with van der Waals surface area (Å²) in [6, 6.07) is 6.01. The average Bonchev–Trinajstić information content (AvgIpc) is 3.33. The first kappa shape index (κ1) is 19.7. The Hall–Kier alpha value is -3.62. The van der Waals surface area contributed by atoms with E-state index in [4.69, 9.17) is 5.84 Å². The Morgan fingerprint density at radius 1 is 1.33 bits per heavy atom. The number of nitrogens with one attached hydrogen (secondary N) is 2. The number of aromatic amines is 1. The molecule has 0 bridgehead atoms. The summed E-state index contributed by atoms with van der Waals surface area (Å²) in [4.78, 5) is 12.2. The summed E-state index contributed by atoms with van der Waals surface area (Å²) >= 11 is 0. The zero-order chi connectivity index (χ0) is 21.5. The van der Waals surface area contributed by atoms with Gasteiger partial charge in [-0.25, -0.2) is 10.8 Å². The fourth-order valence-corrected chi connectivity index (χ4v) is 3.46. The number of rotatable bonds is 6. The first-order valence-electron chi connectivity index (χ1n) is 9.51. The number of hydrogen-bond donors (Lipinski definition) is 4. The van der Waals surface area contributed by atoms with Gasteiger partial charge in [-0.05, 0) is 38.1 Å². The van der Waals surface area contributed by atoms with Crippen LogP contribution < -0.4 is 11.2 Å². The first-order valence-corrected chi connectivity index (χ1v) is 9.51. The number of pyridine rings is 2. The summed E-state index contributed by atoms with van der Waals surface area (Å²) in [5.41, 5.74) is 5.36. The fourth-order valence-electron chi connectivity index (χ4n) is 3.46. The Morgan fingerprint density at radius 3 is 2.87 bits per heavy atom. The normalized spacial score (nSPS) is 12.5. The zero-order valence-electron chi connectivity index (χ0n) is 17.2. The number of allylic oxidation sites excluding steroid dienone is 1. The number of hydrazine groups is 1. The van der Waals surface area contributed by atoms with Crippen LogP contribution in [-0.2, 0) is 0 Å². The third-order valence-corrected chi connectivity index (χ3v) is 4.83. The number of likely N-dealkylation sites (N-methyl/N-ethyl adjacent to an activating group) is 1. The number of aliphatic hydroxyl groups is 1. The Kier molecular flexibility index (Phi) is 4.81. The molecule has 0 saturated carbocycles. The predicted octanol–water partition coefficient (Wildman–Crippen LogP) is 3.26. The van der Waals surface area contributed by atoms with Crippen molar-refractivity contribution in [2.24, 2.45) is 5.84 Å². The Balaban J connectivity index is 1.73. The summed E-state index contributed by atoms with van der Waals surface area (Å²) in [5.74, 6) is 5.88. The van der Waals surface area contributed by atoms with Crippen molar-refractivity contribution in [3.8, 4) is 11.1 Å². The molecular weight excluding hydrogens is 378 g/mol. The van der Waals surface area contributed by atoms with Gasteiger partial charge in [0.1, 0.15) is 5.60 Å². The van der Waals surface area contributed by atoms with Crippen molar-refractivity contribution in [1.82, 2.24) is 24.4 Å². The van der Waals surface area contributed by atoms with Crippen molar-refractivity contribution in [3.63, 3.8) is 0 Å². The number of hydrogen-bond acceptors (Lipinski definition) is 6. The van der Waals surface area contributed by atoms with Crippen LogP contribution in [0.5, 0.6) is 0 Å². The molecule has 0 atom stereocenters. The lowest BCUT2D eigenvalue weighted by molar-refractivity contribution is 0.0879. The van der Waals surface area contributed by atoms with Gasteiger partial charge in [0.25, 0.3) is 0 Å². The van der Waals surface area contributed by atoms with Crippen molar-refractivity contribution < 1.29 is 5.11 Å². The highest BCUT2D eigenvalue weighted by molar-refractivity contribution is 5.83. The lowest BCUT2D eigenvalue weighted by atomic mass is 10.0. The molecule has 5 N–H and O–H groups in total. The highest BCUT2D eigenvalue weighted by atomic mass is 16.3. The van der Waals surface area contributed by atoms with E-state index in [1.807, 2.05) is 41.3 Å². The van der Waals surface area contributed by atoms with E-state index >= 15 is 0 Å². The second kappa shape index (κ2) is 7.33. The van der Waals surface area contributed by atoms with Gasteiger partial charge in [0.15, 0.2) is 5.65 Å². The molecule has 0 aliphatic rings. The van der Waals surface area contributed by atoms with Gasteiger partial charge >= 0.3 is 0 Å². The molecule has 8 nitrogen and oxygen atoms in total. The van der Waals surface area contributed by atoms with E-state index in [-0.39, 0.29) is 0 Å². The van der Waals surface area contributed by atoms with E-state index in [1.165, 1.54) is 5.01 Å². The van der Waals surface area contributed by atoms with E-state index in [2.05, 4.69) is 32.9 Å². The summed E-state index contributed by atoms with van der Waals surface area (Å²) in [6.07, 6.45) is 11.1. The lowest BCUT2D eigenvalue weighted by Crippen LogP contribution is -2.38. The van der Waals surface area contributed by atoms with E-state index in [0.29, 0.717) is 11.4 Å². The molecule has 4 aromatic rings. The van der Waals surface area contributed by atoms with E-state index in [1.54, 1.807) is 33.2 Å². The highest BCUT2D eigenvalue weighted by Gasteiger charge is 2.22. The summed E-state index contributed by atoms with van der Waals surface area (Å²) in [6.45, 7) is 7.42. The first-order chi connectivity index (χ1) is 14.2. The van der Waals surface area contributed by atoms with Crippen LogP contribution in [0.4, 0.5) is 5.69 Å². The number of anilines is 1. The molecule has 0 amide bonds. The molecule has 0 unspecified atom stereocenters.